The molecule has 0 amide bonds. The number of furan rings is 2. The highest BCUT2D eigenvalue weighted by molar-refractivity contribution is 7.00. The molecule has 0 unspecified atom stereocenters. The molecule has 0 saturated carbocycles. The molecule has 10 aromatic rings. The van der Waals surface area contributed by atoms with E-state index in [4.69, 9.17) is 8.83 Å². The summed E-state index contributed by atoms with van der Waals surface area (Å²) in [6.07, 6.45) is 0. The molecule has 2 aromatic heterocycles. The number of rotatable bonds is 2. The predicted octanol–water partition coefficient (Wildman–Crippen LogP) is 10.7. The second kappa shape index (κ2) is 9.93. The van der Waals surface area contributed by atoms with Crippen molar-refractivity contribution < 1.29 is 8.83 Å². The Morgan fingerprint density at radius 3 is 1.78 bits per heavy atom. The van der Waals surface area contributed by atoms with Crippen LogP contribution in [0.15, 0.2) is 173 Å². The molecule has 0 bridgehead atoms. The van der Waals surface area contributed by atoms with Crippen LogP contribution in [0.4, 0.5) is 34.1 Å². The molecule has 0 N–H and O–H groups in total. The number of hydrogen-bond acceptors (Lipinski definition) is 4. The van der Waals surface area contributed by atoms with E-state index in [2.05, 4.69) is 168 Å². The van der Waals surface area contributed by atoms with Gasteiger partial charge in [-0.1, -0.05) is 97.1 Å². The molecule has 4 nitrogen and oxygen atoms in total. The van der Waals surface area contributed by atoms with Crippen LogP contribution >= 0.6 is 0 Å². The lowest BCUT2D eigenvalue weighted by Gasteiger charge is -2.44. The third-order valence-corrected chi connectivity index (χ3v) is 11.0. The first kappa shape index (κ1) is 27.1. The molecule has 2 aliphatic heterocycles. The topological polar surface area (TPSA) is 32.8 Å². The maximum atomic E-state index is 6.43. The average Bonchev–Trinajstić information content (AvgIpc) is 3.76. The van der Waals surface area contributed by atoms with E-state index in [9.17, 15) is 0 Å². The third-order valence-electron chi connectivity index (χ3n) is 11.0. The van der Waals surface area contributed by atoms with Gasteiger partial charge in [-0.3, -0.25) is 0 Å². The Kier molecular flexibility index (Phi) is 5.29. The number of benzene rings is 8. The van der Waals surface area contributed by atoms with E-state index in [-0.39, 0.29) is 6.71 Å². The Morgan fingerprint density at radius 1 is 0.373 bits per heavy atom. The minimum absolute atomic E-state index is 0.0684. The van der Waals surface area contributed by atoms with Crippen molar-refractivity contribution in [1.29, 1.82) is 0 Å². The van der Waals surface area contributed by atoms with Crippen molar-refractivity contribution in [2.45, 2.75) is 0 Å². The van der Waals surface area contributed by atoms with Crippen LogP contribution in [0.3, 0.4) is 0 Å². The maximum absolute atomic E-state index is 6.43. The van der Waals surface area contributed by atoms with Crippen molar-refractivity contribution in [3.8, 4) is 0 Å². The van der Waals surface area contributed by atoms with E-state index in [1.54, 1.807) is 0 Å². The zero-order chi connectivity index (χ0) is 33.2. The van der Waals surface area contributed by atoms with Crippen LogP contribution < -0.4 is 26.2 Å². The second-order valence-corrected chi connectivity index (χ2v) is 13.6. The summed E-state index contributed by atoms with van der Waals surface area (Å²) in [6.45, 7) is 0.0684. The summed E-state index contributed by atoms with van der Waals surface area (Å²) in [6, 6.07) is 58.9. The summed E-state index contributed by atoms with van der Waals surface area (Å²) in [5.41, 5.74) is 14.4. The second-order valence-electron chi connectivity index (χ2n) is 13.6. The summed E-state index contributed by atoms with van der Waals surface area (Å²) >= 11 is 0. The summed E-state index contributed by atoms with van der Waals surface area (Å²) in [4.78, 5) is 4.91. The first-order valence-corrected chi connectivity index (χ1v) is 17.5. The lowest BCUT2D eigenvalue weighted by atomic mass is 9.33. The van der Waals surface area contributed by atoms with Gasteiger partial charge in [0.2, 0.25) is 0 Å². The minimum Gasteiger partial charge on any atom is -0.456 e. The SMILES string of the molecule is c1ccc2c(c1)B1c3ccccc3N(c3cccc4oc5ccccc5c34)c3cccc(c31)N2c1ccc2oc3ccc4ccccc4c3c2c1. The quantitative estimate of drug-likeness (QED) is 0.174. The van der Waals surface area contributed by atoms with Gasteiger partial charge in [-0.05, 0) is 93.9 Å². The summed E-state index contributed by atoms with van der Waals surface area (Å²) in [5.74, 6) is 0. The van der Waals surface area contributed by atoms with Gasteiger partial charge < -0.3 is 18.6 Å². The van der Waals surface area contributed by atoms with E-state index in [0.29, 0.717) is 0 Å². The Hall–Kier alpha value is -6.72. The zero-order valence-corrected chi connectivity index (χ0v) is 27.4. The summed E-state index contributed by atoms with van der Waals surface area (Å²) in [5, 5.41) is 6.93. The Bertz CT molecular complexity index is 3080. The van der Waals surface area contributed by atoms with Crippen molar-refractivity contribution in [2.24, 2.45) is 0 Å². The van der Waals surface area contributed by atoms with Gasteiger partial charge in [0.05, 0.1) is 11.1 Å². The van der Waals surface area contributed by atoms with Gasteiger partial charge >= 0.3 is 0 Å². The van der Waals surface area contributed by atoms with E-state index < -0.39 is 0 Å². The summed E-state index contributed by atoms with van der Waals surface area (Å²) < 4.78 is 12.8. The first-order valence-electron chi connectivity index (χ1n) is 17.5. The highest BCUT2D eigenvalue weighted by Crippen LogP contribution is 2.47. The Morgan fingerprint density at radius 2 is 0.941 bits per heavy atom. The van der Waals surface area contributed by atoms with Crippen molar-refractivity contribution in [2.75, 3.05) is 9.80 Å². The standard InChI is InChI=1S/C46H27BN2O2/c1-2-12-30-28(11-1)23-25-43-44(30)32-27-29(24-26-41(32)51-43)48-35-16-6-4-14-33(35)47-34-15-5-7-17-36(34)49(39-20-9-19-38(48)46(39)47)37-18-10-22-42-45(37)31-13-3-8-21-40(31)50-42/h1-27H. The van der Waals surface area contributed by atoms with Gasteiger partial charge in [0.15, 0.2) is 0 Å². The highest BCUT2D eigenvalue weighted by atomic mass is 16.3. The lowest BCUT2D eigenvalue weighted by molar-refractivity contribution is 0.668. The Balaban J connectivity index is 1.15. The van der Waals surface area contributed by atoms with Crippen LogP contribution in [0.2, 0.25) is 0 Å². The fourth-order valence-corrected chi connectivity index (χ4v) is 8.99. The zero-order valence-electron chi connectivity index (χ0n) is 27.4. The molecular weight excluding hydrogens is 623 g/mol. The Labute approximate surface area is 293 Å². The van der Waals surface area contributed by atoms with Crippen molar-refractivity contribution in [3.05, 3.63) is 164 Å². The summed E-state index contributed by atoms with van der Waals surface area (Å²) in [7, 11) is 0. The van der Waals surface area contributed by atoms with Crippen LogP contribution in [0.5, 0.6) is 0 Å². The molecule has 0 radical (unpaired) electrons. The first-order chi connectivity index (χ1) is 25.3. The van der Waals surface area contributed by atoms with Crippen molar-refractivity contribution >= 4 is 112 Å². The van der Waals surface area contributed by atoms with Crippen molar-refractivity contribution in [1.82, 2.24) is 0 Å². The molecule has 0 fully saturated rings. The van der Waals surface area contributed by atoms with Gasteiger partial charge in [0.1, 0.15) is 22.3 Å². The molecule has 0 spiro atoms. The molecule has 0 aliphatic carbocycles. The van der Waals surface area contributed by atoms with Crippen LogP contribution in [0.25, 0.3) is 54.6 Å². The highest BCUT2D eigenvalue weighted by Gasteiger charge is 2.43. The molecule has 12 rings (SSSR count). The normalized spacial score (nSPS) is 13.4. The van der Waals surface area contributed by atoms with Crippen LogP contribution in [0.1, 0.15) is 0 Å². The molecule has 51 heavy (non-hydrogen) atoms. The van der Waals surface area contributed by atoms with Crippen LogP contribution in [-0.4, -0.2) is 6.71 Å². The monoisotopic (exact) mass is 650 g/mol. The molecule has 5 heteroatoms. The molecule has 8 aromatic carbocycles. The number of anilines is 6. The molecule has 2 aliphatic rings. The molecule has 236 valence electrons. The van der Waals surface area contributed by atoms with Gasteiger partial charge in [0, 0.05) is 44.6 Å². The molecule has 4 heterocycles. The van der Waals surface area contributed by atoms with Gasteiger partial charge in [0.25, 0.3) is 6.71 Å². The maximum Gasteiger partial charge on any atom is 0.252 e. The van der Waals surface area contributed by atoms with E-state index in [1.165, 1.54) is 49.9 Å². The van der Waals surface area contributed by atoms with Gasteiger partial charge in [-0.25, -0.2) is 0 Å². The van der Waals surface area contributed by atoms with Crippen LogP contribution in [-0.2, 0) is 0 Å². The number of para-hydroxylation sites is 3. The van der Waals surface area contributed by atoms with Gasteiger partial charge in [-0.15, -0.1) is 0 Å². The molecular formula is C46H27BN2O2. The van der Waals surface area contributed by atoms with Gasteiger partial charge in [-0.2, -0.15) is 0 Å². The third kappa shape index (κ3) is 3.59. The number of nitrogens with zero attached hydrogens (tertiary/aromatic N) is 2. The molecule has 0 atom stereocenters. The molecule has 0 saturated heterocycles. The fourth-order valence-electron chi connectivity index (χ4n) is 8.99. The van der Waals surface area contributed by atoms with Crippen molar-refractivity contribution in [3.63, 3.8) is 0 Å². The largest absolute Gasteiger partial charge is 0.456 e. The van der Waals surface area contributed by atoms with E-state index >= 15 is 0 Å². The average molecular weight is 651 g/mol. The van der Waals surface area contributed by atoms with E-state index in [0.717, 1.165) is 55.3 Å². The minimum atomic E-state index is 0.0684. The fraction of sp³-hybridized carbons (Fsp3) is 0. The van der Waals surface area contributed by atoms with E-state index in [1.807, 2.05) is 6.07 Å². The number of fused-ring (bicyclic) bond motifs is 12. The predicted molar refractivity (Wildman–Crippen MR) is 213 cm³/mol. The smallest absolute Gasteiger partial charge is 0.252 e. The van der Waals surface area contributed by atoms with Crippen LogP contribution in [0, 0.1) is 0 Å². The number of hydrogen-bond donors (Lipinski definition) is 0. The lowest BCUT2D eigenvalue weighted by Crippen LogP contribution is -2.61.